The molecule has 0 spiro atoms. The molecule has 2 fully saturated rings. The second-order valence-corrected chi connectivity index (χ2v) is 5.16. The summed E-state index contributed by atoms with van der Waals surface area (Å²) in [7, 11) is 0. The molecule has 0 aromatic carbocycles. The molecule has 0 aliphatic carbocycles. The number of likely N-dealkylation sites (tertiary alicyclic amines) is 1. The fourth-order valence-electron chi connectivity index (χ4n) is 2.87. The van der Waals surface area contributed by atoms with Crippen LogP contribution in [-0.2, 0) is 16.0 Å². The van der Waals surface area contributed by atoms with E-state index in [1.807, 2.05) is 11.8 Å². The molecule has 18 heavy (non-hydrogen) atoms. The molecule has 0 bridgehead atoms. The number of hydrogen-bond acceptors (Lipinski definition) is 5. The molecule has 2 aliphatic heterocycles. The Morgan fingerprint density at radius 3 is 2.94 bits per heavy atom. The number of carbonyl (C=O) groups excluding carboxylic acids is 1. The van der Waals surface area contributed by atoms with Gasteiger partial charge in [-0.3, -0.25) is 4.79 Å². The van der Waals surface area contributed by atoms with Crippen molar-refractivity contribution < 1.29 is 14.1 Å². The Morgan fingerprint density at radius 1 is 1.50 bits per heavy atom. The van der Waals surface area contributed by atoms with Crippen molar-refractivity contribution in [1.29, 1.82) is 0 Å². The zero-order chi connectivity index (χ0) is 12.7. The quantitative estimate of drug-likeness (QED) is 0.768. The Hall–Kier alpha value is -1.43. The first-order valence-electron chi connectivity index (χ1n) is 6.32. The third kappa shape index (κ3) is 2.12. The van der Waals surface area contributed by atoms with E-state index in [4.69, 9.17) is 9.26 Å². The lowest BCUT2D eigenvalue weighted by molar-refractivity contribution is -0.128. The Labute approximate surface area is 105 Å². The van der Waals surface area contributed by atoms with Crippen LogP contribution in [-0.4, -0.2) is 46.2 Å². The number of aryl methyl sites for hydroxylation is 1. The van der Waals surface area contributed by atoms with E-state index in [1.54, 1.807) is 6.92 Å². The SMILES string of the molecule is CC(=O)N1C[C@@H]2C[C@@H](Cc3nc(C)no3)O[C@@H]2C1. The van der Waals surface area contributed by atoms with Crippen LogP contribution in [0, 0.1) is 12.8 Å². The summed E-state index contributed by atoms with van der Waals surface area (Å²) in [5.74, 6) is 1.90. The highest BCUT2D eigenvalue weighted by Gasteiger charge is 2.43. The van der Waals surface area contributed by atoms with Crippen molar-refractivity contribution in [3.05, 3.63) is 11.7 Å². The lowest BCUT2D eigenvalue weighted by Crippen LogP contribution is -2.29. The number of carbonyl (C=O) groups is 1. The predicted molar refractivity (Wildman–Crippen MR) is 61.8 cm³/mol. The van der Waals surface area contributed by atoms with Gasteiger partial charge in [-0.2, -0.15) is 4.98 Å². The largest absolute Gasteiger partial charge is 0.372 e. The van der Waals surface area contributed by atoms with Gasteiger partial charge in [0.1, 0.15) is 0 Å². The van der Waals surface area contributed by atoms with Crippen LogP contribution < -0.4 is 0 Å². The van der Waals surface area contributed by atoms with E-state index < -0.39 is 0 Å². The second kappa shape index (κ2) is 4.35. The van der Waals surface area contributed by atoms with Gasteiger partial charge in [0.25, 0.3) is 0 Å². The van der Waals surface area contributed by atoms with Crippen LogP contribution in [0.4, 0.5) is 0 Å². The standard InChI is InChI=1S/C12H17N3O3/c1-7-13-12(18-14-7)4-10-3-9-5-15(8(2)16)6-11(9)17-10/h9-11H,3-6H2,1-2H3/t9-,10-,11+/m0/s1. The van der Waals surface area contributed by atoms with Crippen molar-refractivity contribution in [2.45, 2.75) is 38.9 Å². The molecular formula is C12H17N3O3. The van der Waals surface area contributed by atoms with Crippen molar-refractivity contribution in [2.75, 3.05) is 13.1 Å². The maximum absolute atomic E-state index is 11.3. The first-order chi connectivity index (χ1) is 8.61. The Morgan fingerprint density at radius 2 is 2.33 bits per heavy atom. The summed E-state index contributed by atoms with van der Waals surface area (Å²) < 4.78 is 11.1. The van der Waals surface area contributed by atoms with Gasteiger partial charge in [0.15, 0.2) is 5.82 Å². The van der Waals surface area contributed by atoms with Crippen molar-refractivity contribution >= 4 is 5.91 Å². The molecule has 3 atom stereocenters. The van der Waals surface area contributed by atoms with Gasteiger partial charge < -0.3 is 14.2 Å². The molecule has 2 aliphatic rings. The van der Waals surface area contributed by atoms with Crippen LogP contribution in [0.5, 0.6) is 0 Å². The molecule has 0 saturated carbocycles. The fourth-order valence-corrected chi connectivity index (χ4v) is 2.87. The molecule has 0 unspecified atom stereocenters. The first-order valence-corrected chi connectivity index (χ1v) is 6.32. The molecule has 1 amide bonds. The average molecular weight is 251 g/mol. The number of ether oxygens (including phenoxy) is 1. The van der Waals surface area contributed by atoms with E-state index in [0.717, 1.165) is 19.5 Å². The maximum atomic E-state index is 11.3. The highest BCUT2D eigenvalue weighted by atomic mass is 16.5. The number of fused-ring (bicyclic) bond motifs is 1. The minimum absolute atomic E-state index is 0.136. The number of rotatable bonds is 2. The topological polar surface area (TPSA) is 68.5 Å². The van der Waals surface area contributed by atoms with Gasteiger partial charge in [0, 0.05) is 25.9 Å². The zero-order valence-corrected chi connectivity index (χ0v) is 10.6. The predicted octanol–water partition coefficient (Wildman–Crippen LogP) is 0.556. The third-order valence-electron chi connectivity index (χ3n) is 3.73. The Balaban J connectivity index is 1.57. The number of amides is 1. The normalized spacial score (nSPS) is 30.8. The van der Waals surface area contributed by atoms with Crippen LogP contribution in [0.25, 0.3) is 0 Å². The van der Waals surface area contributed by atoms with Crippen molar-refractivity contribution in [3.63, 3.8) is 0 Å². The van der Waals surface area contributed by atoms with E-state index >= 15 is 0 Å². The molecule has 0 radical (unpaired) electrons. The highest BCUT2D eigenvalue weighted by Crippen LogP contribution is 2.34. The van der Waals surface area contributed by atoms with Crippen LogP contribution in [0.3, 0.4) is 0 Å². The number of aromatic nitrogens is 2. The maximum Gasteiger partial charge on any atom is 0.229 e. The smallest absolute Gasteiger partial charge is 0.229 e. The van der Waals surface area contributed by atoms with Crippen molar-refractivity contribution in [3.8, 4) is 0 Å². The minimum Gasteiger partial charge on any atom is -0.372 e. The fraction of sp³-hybridized carbons (Fsp3) is 0.750. The first kappa shape index (κ1) is 11.6. The average Bonchev–Trinajstić information content (AvgIpc) is 2.93. The molecule has 1 aromatic rings. The molecule has 3 rings (SSSR count). The van der Waals surface area contributed by atoms with Gasteiger partial charge >= 0.3 is 0 Å². The van der Waals surface area contributed by atoms with Crippen molar-refractivity contribution in [1.82, 2.24) is 15.0 Å². The van der Waals surface area contributed by atoms with Gasteiger partial charge in [0.05, 0.1) is 18.6 Å². The third-order valence-corrected chi connectivity index (χ3v) is 3.73. The van der Waals surface area contributed by atoms with E-state index in [1.165, 1.54) is 0 Å². The number of nitrogens with zero attached hydrogens (tertiary/aromatic N) is 3. The van der Waals surface area contributed by atoms with E-state index in [0.29, 0.717) is 24.1 Å². The van der Waals surface area contributed by atoms with Crippen molar-refractivity contribution in [2.24, 2.45) is 5.92 Å². The van der Waals surface area contributed by atoms with Gasteiger partial charge in [0.2, 0.25) is 11.8 Å². The Kier molecular flexibility index (Phi) is 2.81. The molecule has 1 aromatic heterocycles. The van der Waals surface area contributed by atoms with Gasteiger partial charge in [-0.1, -0.05) is 5.16 Å². The van der Waals surface area contributed by atoms with E-state index in [9.17, 15) is 4.79 Å². The zero-order valence-electron chi connectivity index (χ0n) is 10.6. The Bertz CT molecular complexity index is 445. The van der Waals surface area contributed by atoms with Gasteiger partial charge in [-0.05, 0) is 13.3 Å². The summed E-state index contributed by atoms with van der Waals surface area (Å²) in [4.78, 5) is 17.3. The van der Waals surface area contributed by atoms with Crippen LogP contribution in [0.1, 0.15) is 25.1 Å². The van der Waals surface area contributed by atoms with Gasteiger partial charge in [-0.25, -0.2) is 0 Å². The van der Waals surface area contributed by atoms with E-state index in [-0.39, 0.29) is 18.1 Å². The molecular weight excluding hydrogens is 234 g/mol. The summed E-state index contributed by atoms with van der Waals surface area (Å²) in [6.45, 7) is 4.96. The summed E-state index contributed by atoms with van der Waals surface area (Å²) >= 11 is 0. The molecule has 0 N–H and O–H groups in total. The molecule has 98 valence electrons. The summed E-state index contributed by atoms with van der Waals surface area (Å²) in [5, 5.41) is 3.77. The monoisotopic (exact) mass is 251 g/mol. The van der Waals surface area contributed by atoms with Gasteiger partial charge in [-0.15, -0.1) is 0 Å². The summed E-state index contributed by atoms with van der Waals surface area (Å²) in [6.07, 6.45) is 1.97. The summed E-state index contributed by atoms with van der Waals surface area (Å²) in [5.41, 5.74) is 0. The van der Waals surface area contributed by atoms with Crippen LogP contribution in [0.15, 0.2) is 4.52 Å². The van der Waals surface area contributed by atoms with E-state index in [2.05, 4.69) is 10.1 Å². The lowest BCUT2D eigenvalue weighted by Gasteiger charge is -2.16. The van der Waals surface area contributed by atoms with Crippen LogP contribution >= 0.6 is 0 Å². The minimum atomic E-state index is 0.136. The number of hydrogen-bond donors (Lipinski definition) is 0. The lowest BCUT2D eigenvalue weighted by atomic mass is 10.0. The summed E-state index contributed by atoms with van der Waals surface area (Å²) in [6, 6.07) is 0. The molecule has 2 saturated heterocycles. The molecule has 6 nitrogen and oxygen atoms in total. The van der Waals surface area contributed by atoms with Crippen LogP contribution in [0.2, 0.25) is 0 Å². The highest BCUT2D eigenvalue weighted by molar-refractivity contribution is 5.73. The molecule has 6 heteroatoms. The molecule has 3 heterocycles. The second-order valence-electron chi connectivity index (χ2n) is 5.16.